The van der Waals surface area contributed by atoms with Crippen LogP contribution >= 0.6 is 11.3 Å². The van der Waals surface area contributed by atoms with E-state index in [9.17, 15) is 4.79 Å². The number of amides is 1. The molecule has 0 aliphatic carbocycles. The molecule has 0 radical (unpaired) electrons. The first-order valence-corrected chi connectivity index (χ1v) is 8.27. The molecule has 2 heterocycles. The molecule has 3 heteroatoms. The third-order valence-electron chi connectivity index (χ3n) is 3.90. The lowest BCUT2D eigenvalue weighted by Gasteiger charge is -2.30. The fourth-order valence-corrected chi connectivity index (χ4v) is 3.44. The highest BCUT2D eigenvalue weighted by molar-refractivity contribution is 7.15. The van der Waals surface area contributed by atoms with Crippen LogP contribution in [0.3, 0.4) is 0 Å². The van der Waals surface area contributed by atoms with Gasteiger partial charge in [0.05, 0.1) is 0 Å². The van der Waals surface area contributed by atoms with Crippen LogP contribution in [0.4, 0.5) is 0 Å². The summed E-state index contributed by atoms with van der Waals surface area (Å²) in [6.07, 6.45) is 1.13. The number of likely N-dealkylation sites (tertiary alicyclic amines) is 1. The van der Waals surface area contributed by atoms with Crippen LogP contribution < -0.4 is 0 Å². The summed E-state index contributed by atoms with van der Waals surface area (Å²) < 4.78 is 0. The Morgan fingerprint density at radius 3 is 2.19 bits per heavy atom. The van der Waals surface area contributed by atoms with Gasteiger partial charge in [-0.05, 0) is 41.7 Å². The lowest BCUT2D eigenvalue weighted by Crippen LogP contribution is -2.41. The fraction of sp³-hybridized carbons (Fsp3) is 0.389. The molecule has 1 amide bonds. The molecular weight excluding hydrogens is 278 g/mol. The molecule has 0 unspecified atom stereocenters. The summed E-state index contributed by atoms with van der Waals surface area (Å²) in [5.74, 6) is 0.161. The van der Waals surface area contributed by atoms with Crippen molar-refractivity contribution >= 4 is 17.2 Å². The van der Waals surface area contributed by atoms with E-state index in [1.165, 1.54) is 15.3 Å². The van der Waals surface area contributed by atoms with E-state index in [0.717, 1.165) is 25.1 Å². The lowest BCUT2D eigenvalue weighted by molar-refractivity contribution is 0.0652. The first kappa shape index (κ1) is 14.3. The molecule has 3 rings (SSSR count). The summed E-state index contributed by atoms with van der Waals surface area (Å²) in [5.41, 5.74) is 2.18. The van der Waals surface area contributed by atoms with Gasteiger partial charge in [-0.15, -0.1) is 11.3 Å². The zero-order chi connectivity index (χ0) is 15.0. The van der Waals surface area contributed by atoms with E-state index in [-0.39, 0.29) is 11.3 Å². The van der Waals surface area contributed by atoms with Crippen LogP contribution in [-0.2, 0) is 5.41 Å². The van der Waals surface area contributed by atoms with Crippen molar-refractivity contribution in [1.29, 1.82) is 0 Å². The average Bonchev–Trinajstić information content (AvgIpc) is 2.86. The molecule has 21 heavy (non-hydrogen) atoms. The molecule has 1 fully saturated rings. The number of carbonyl (C=O) groups is 1. The molecule has 1 aromatic carbocycles. The number of benzene rings is 1. The van der Waals surface area contributed by atoms with E-state index in [2.05, 4.69) is 45.0 Å². The molecule has 0 spiro atoms. The average molecular weight is 299 g/mol. The number of carbonyl (C=O) groups excluding carboxylic acids is 1. The van der Waals surface area contributed by atoms with Crippen LogP contribution in [0, 0.1) is 0 Å². The second-order valence-corrected chi connectivity index (χ2v) is 7.72. The fourth-order valence-electron chi connectivity index (χ4n) is 2.38. The third-order valence-corrected chi connectivity index (χ3v) is 5.46. The number of rotatable bonds is 2. The van der Waals surface area contributed by atoms with Gasteiger partial charge in [-0.1, -0.05) is 32.9 Å². The molecule has 1 saturated heterocycles. The minimum absolute atomic E-state index is 0.161. The molecule has 1 aliphatic rings. The maximum atomic E-state index is 12.1. The Balaban J connectivity index is 1.80. The molecule has 0 bridgehead atoms. The Morgan fingerprint density at radius 1 is 1.05 bits per heavy atom. The molecule has 1 aromatic heterocycles. The van der Waals surface area contributed by atoms with Crippen molar-refractivity contribution in [3.05, 3.63) is 46.8 Å². The Kier molecular flexibility index (Phi) is 3.62. The Labute approximate surface area is 130 Å². The van der Waals surface area contributed by atoms with Gasteiger partial charge in [0, 0.05) is 28.4 Å². The topological polar surface area (TPSA) is 20.3 Å². The van der Waals surface area contributed by atoms with Gasteiger partial charge in [-0.2, -0.15) is 0 Å². The van der Waals surface area contributed by atoms with Gasteiger partial charge in [-0.25, -0.2) is 0 Å². The standard InChI is InChI=1S/C18H21NOS/c1-18(2,3)16-10-9-15(21-16)13-5-7-14(8-6-13)17(20)19-11-4-12-19/h5-10H,4,11-12H2,1-3H3. The zero-order valence-electron chi connectivity index (χ0n) is 12.8. The number of hydrogen-bond donors (Lipinski definition) is 0. The second kappa shape index (κ2) is 5.30. The predicted octanol–water partition coefficient (Wildman–Crippen LogP) is 4.56. The van der Waals surface area contributed by atoms with Crippen LogP contribution in [0.15, 0.2) is 36.4 Å². The molecule has 110 valence electrons. The smallest absolute Gasteiger partial charge is 0.253 e. The maximum Gasteiger partial charge on any atom is 0.253 e. The molecular formula is C18H21NOS. The van der Waals surface area contributed by atoms with Crippen molar-refractivity contribution in [3.8, 4) is 10.4 Å². The summed E-state index contributed by atoms with van der Waals surface area (Å²) in [5, 5.41) is 0. The van der Waals surface area contributed by atoms with Crippen LogP contribution in [0.5, 0.6) is 0 Å². The Hall–Kier alpha value is -1.61. The highest BCUT2D eigenvalue weighted by atomic mass is 32.1. The summed E-state index contributed by atoms with van der Waals surface area (Å²) >= 11 is 1.83. The van der Waals surface area contributed by atoms with E-state index in [4.69, 9.17) is 0 Å². The number of hydrogen-bond acceptors (Lipinski definition) is 2. The van der Waals surface area contributed by atoms with Gasteiger partial charge < -0.3 is 4.90 Å². The van der Waals surface area contributed by atoms with E-state index >= 15 is 0 Å². The SMILES string of the molecule is CC(C)(C)c1ccc(-c2ccc(C(=O)N3CCC3)cc2)s1. The van der Waals surface area contributed by atoms with Crippen molar-refractivity contribution in [2.75, 3.05) is 13.1 Å². The first-order valence-electron chi connectivity index (χ1n) is 7.45. The van der Waals surface area contributed by atoms with Crippen LogP contribution in [0.25, 0.3) is 10.4 Å². The van der Waals surface area contributed by atoms with E-state index in [1.54, 1.807) is 0 Å². The van der Waals surface area contributed by atoms with Gasteiger partial charge >= 0.3 is 0 Å². The Bertz CT molecular complexity index is 645. The Morgan fingerprint density at radius 2 is 1.71 bits per heavy atom. The van der Waals surface area contributed by atoms with E-state index < -0.39 is 0 Å². The van der Waals surface area contributed by atoms with Crippen LogP contribution in [0.2, 0.25) is 0 Å². The zero-order valence-corrected chi connectivity index (χ0v) is 13.7. The summed E-state index contributed by atoms with van der Waals surface area (Å²) in [6.45, 7) is 8.51. The van der Waals surface area contributed by atoms with E-state index in [0.29, 0.717) is 0 Å². The van der Waals surface area contributed by atoms with Crippen molar-refractivity contribution < 1.29 is 4.79 Å². The van der Waals surface area contributed by atoms with Gasteiger partial charge in [0.25, 0.3) is 5.91 Å². The minimum atomic E-state index is 0.161. The normalized spacial score (nSPS) is 14.9. The monoisotopic (exact) mass is 299 g/mol. The predicted molar refractivity (Wildman–Crippen MR) is 89.0 cm³/mol. The largest absolute Gasteiger partial charge is 0.339 e. The first-order chi connectivity index (χ1) is 9.95. The van der Waals surface area contributed by atoms with Crippen molar-refractivity contribution in [3.63, 3.8) is 0 Å². The van der Waals surface area contributed by atoms with Crippen molar-refractivity contribution in [1.82, 2.24) is 4.90 Å². The third kappa shape index (κ3) is 2.88. The van der Waals surface area contributed by atoms with Gasteiger partial charge in [0.15, 0.2) is 0 Å². The van der Waals surface area contributed by atoms with Gasteiger partial charge in [0.2, 0.25) is 0 Å². The second-order valence-electron chi connectivity index (χ2n) is 6.64. The molecule has 0 N–H and O–H groups in total. The van der Waals surface area contributed by atoms with E-state index in [1.807, 2.05) is 28.4 Å². The van der Waals surface area contributed by atoms with Gasteiger partial charge in [-0.3, -0.25) is 4.79 Å². The van der Waals surface area contributed by atoms with Crippen molar-refractivity contribution in [2.24, 2.45) is 0 Å². The highest BCUT2D eigenvalue weighted by Gasteiger charge is 2.21. The number of nitrogens with zero attached hydrogens (tertiary/aromatic N) is 1. The minimum Gasteiger partial charge on any atom is -0.339 e. The maximum absolute atomic E-state index is 12.1. The van der Waals surface area contributed by atoms with Crippen LogP contribution in [-0.4, -0.2) is 23.9 Å². The molecule has 1 aliphatic heterocycles. The lowest BCUT2D eigenvalue weighted by atomic mass is 9.95. The van der Waals surface area contributed by atoms with Crippen molar-refractivity contribution in [2.45, 2.75) is 32.6 Å². The molecule has 2 nitrogen and oxygen atoms in total. The molecule has 0 atom stereocenters. The summed E-state index contributed by atoms with van der Waals surface area (Å²) in [7, 11) is 0. The quantitative estimate of drug-likeness (QED) is 0.796. The highest BCUT2D eigenvalue weighted by Crippen LogP contribution is 2.35. The van der Waals surface area contributed by atoms with Crippen LogP contribution in [0.1, 0.15) is 42.4 Å². The summed E-state index contributed by atoms with van der Waals surface area (Å²) in [4.78, 5) is 16.7. The summed E-state index contributed by atoms with van der Waals surface area (Å²) in [6, 6.07) is 12.4. The molecule has 2 aromatic rings. The molecule has 0 saturated carbocycles. The van der Waals surface area contributed by atoms with Gasteiger partial charge in [0.1, 0.15) is 0 Å². The number of thiophene rings is 1.